The van der Waals surface area contributed by atoms with E-state index in [1.165, 1.54) is 6.92 Å². The number of ether oxygens (including phenoxy) is 1. The third-order valence-corrected chi connectivity index (χ3v) is 8.37. The van der Waals surface area contributed by atoms with Gasteiger partial charge in [0, 0.05) is 5.92 Å². The van der Waals surface area contributed by atoms with Gasteiger partial charge in [0.2, 0.25) is 0 Å². The van der Waals surface area contributed by atoms with Gasteiger partial charge < -0.3 is 19.7 Å². The first kappa shape index (κ1) is 22.1. The molecular weight excluding hydrogens is 624 g/mol. The van der Waals surface area contributed by atoms with Gasteiger partial charge in [-0.05, 0) is 74.4 Å². The number of hydrogen-bond acceptors (Lipinski definition) is 4. The normalized spacial score (nSPS) is 14.4. The molecule has 4 rings (SSSR count). The maximum Gasteiger partial charge on any atom is 0.408 e. The van der Waals surface area contributed by atoms with Crippen LogP contribution in [0.15, 0.2) is 54.9 Å². The van der Waals surface area contributed by atoms with Gasteiger partial charge in [0.05, 0.1) is 12.9 Å². The summed E-state index contributed by atoms with van der Waals surface area (Å²) in [6, 6.07) is 16.1. The molecule has 0 fully saturated rings. The van der Waals surface area contributed by atoms with Crippen molar-refractivity contribution in [2.45, 2.75) is 24.9 Å². The van der Waals surface area contributed by atoms with E-state index < -0.39 is 17.6 Å². The number of nitrogens with one attached hydrogen (secondary N) is 1. The Kier molecular flexibility index (Phi) is 6.24. The van der Waals surface area contributed by atoms with E-state index in [4.69, 9.17) is 4.74 Å². The van der Waals surface area contributed by atoms with Crippen LogP contribution in [0.25, 0.3) is 11.1 Å². The number of carboxylic acid groups (broad SMARTS) is 1. The predicted molar refractivity (Wildman–Crippen MR) is 132 cm³/mol. The summed E-state index contributed by atoms with van der Waals surface area (Å²) in [6.45, 7) is 1.61. The highest BCUT2D eigenvalue weighted by Gasteiger charge is 2.37. The summed E-state index contributed by atoms with van der Waals surface area (Å²) in [5.41, 5.74) is 2.91. The van der Waals surface area contributed by atoms with Gasteiger partial charge in [0.15, 0.2) is 5.54 Å². The zero-order valence-electron chi connectivity index (χ0n) is 16.5. The molecule has 1 aliphatic carbocycles. The summed E-state index contributed by atoms with van der Waals surface area (Å²) in [4.78, 5) is 28.7. The third-order valence-electron chi connectivity index (χ3n) is 5.41. The van der Waals surface area contributed by atoms with Crippen molar-refractivity contribution in [2.75, 3.05) is 6.61 Å². The van der Waals surface area contributed by atoms with Gasteiger partial charge in [0.25, 0.3) is 0 Å². The van der Waals surface area contributed by atoms with E-state index in [2.05, 4.69) is 67.6 Å². The van der Waals surface area contributed by atoms with E-state index in [1.54, 1.807) is 10.9 Å². The first-order chi connectivity index (χ1) is 14.8. The van der Waals surface area contributed by atoms with Crippen LogP contribution >= 0.6 is 45.2 Å². The molecule has 7 nitrogen and oxygen atoms in total. The second-order valence-electron chi connectivity index (χ2n) is 7.54. The van der Waals surface area contributed by atoms with Gasteiger partial charge in [-0.15, -0.1) is 0 Å². The van der Waals surface area contributed by atoms with Crippen LogP contribution < -0.4 is 5.32 Å². The summed E-state index contributed by atoms with van der Waals surface area (Å²) in [5, 5.41) is 12.3. The van der Waals surface area contributed by atoms with Crippen molar-refractivity contribution in [1.29, 1.82) is 0 Å². The van der Waals surface area contributed by atoms with Crippen LogP contribution in [0.5, 0.6) is 0 Å². The van der Waals surface area contributed by atoms with Crippen molar-refractivity contribution in [1.82, 2.24) is 14.9 Å². The number of hydrogen-bond donors (Lipinski definition) is 2. The van der Waals surface area contributed by atoms with Crippen LogP contribution in [0, 0.1) is 7.40 Å². The number of carbonyl (C=O) groups is 2. The van der Waals surface area contributed by atoms with E-state index in [-0.39, 0.29) is 19.1 Å². The lowest BCUT2D eigenvalue weighted by Crippen LogP contribution is -2.55. The van der Waals surface area contributed by atoms with Crippen molar-refractivity contribution in [3.8, 4) is 11.1 Å². The largest absolute Gasteiger partial charge is 0.479 e. The number of alkyl carbamates (subject to hydrolysis) is 1. The molecular formula is C22H19I2N3O4. The monoisotopic (exact) mass is 643 g/mol. The Labute approximate surface area is 206 Å². The fourth-order valence-corrected chi connectivity index (χ4v) is 4.68. The number of halogens is 2. The first-order valence-corrected chi connectivity index (χ1v) is 11.7. The Hall–Kier alpha value is -2.15. The van der Waals surface area contributed by atoms with Crippen molar-refractivity contribution < 1.29 is 19.4 Å². The van der Waals surface area contributed by atoms with Crippen LogP contribution in [-0.2, 0) is 16.1 Å². The molecule has 2 aromatic carbocycles. The van der Waals surface area contributed by atoms with Crippen LogP contribution in [0.2, 0.25) is 0 Å². The molecule has 1 aromatic heterocycles. The second-order valence-corrected chi connectivity index (χ2v) is 9.59. The molecule has 1 aliphatic rings. The number of nitrogens with zero attached hydrogens (tertiary/aromatic N) is 2. The lowest BCUT2D eigenvalue weighted by atomic mass is 9.98. The van der Waals surface area contributed by atoms with E-state index >= 15 is 0 Å². The zero-order chi connectivity index (χ0) is 22.2. The molecule has 31 heavy (non-hydrogen) atoms. The molecule has 1 unspecified atom stereocenters. The SMILES string of the molecule is CC(Cn1cnc(I)c1I)(NC(=O)OCC1c2ccccc2-c2ccccc21)C(=O)O. The number of carboxylic acids is 1. The second kappa shape index (κ2) is 8.77. The summed E-state index contributed by atoms with van der Waals surface area (Å²) >= 11 is 4.17. The third kappa shape index (κ3) is 4.29. The zero-order valence-corrected chi connectivity index (χ0v) is 20.8. The number of aromatic nitrogens is 2. The minimum absolute atomic E-state index is 0.0286. The molecule has 0 radical (unpaired) electrons. The lowest BCUT2D eigenvalue weighted by Gasteiger charge is -2.27. The van der Waals surface area contributed by atoms with Crippen molar-refractivity contribution in [2.24, 2.45) is 0 Å². The van der Waals surface area contributed by atoms with Gasteiger partial charge >= 0.3 is 12.1 Å². The van der Waals surface area contributed by atoms with Crippen LogP contribution in [0.4, 0.5) is 4.79 Å². The molecule has 0 spiro atoms. The van der Waals surface area contributed by atoms with Crippen molar-refractivity contribution in [3.63, 3.8) is 0 Å². The standard InChI is InChI=1S/C22H19I2N3O4/c1-22(20(28)29,11-27-12-25-18(23)19(27)24)26-21(30)31-10-17-15-8-4-2-6-13(15)14-7-3-5-9-16(14)17/h2-9,12,17H,10-11H2,1H3,(H,26,30)(H,28,29). The Morgan fingerprint density at radius 3 is 2.23 bits per heavy atom. The van der Waals surface area contributed by atoms with Crippen LogP contribution in [0.3, 0.4) is 0 Å². The van der Waals surface area contributed by atoms with Crippen LogP contribution in [-0.4, -0.2) is 38.9 Å². The molecule has 3 aromatic rings. The first-order valence-electron chi connectivity index (χ1n) is 9.53. The Bertz CT molecular complexity index is 1120. The number of rotatable bonds is 6. The average Bonchev–Trinajstić information content (AvgIpc) is 3.24. The Morgan fingerprint density at radius 2 is 1.71 bits per heavy atom. The molecule has 9 heteroatoms. The van der Waals surface area contributed by atoms with E-state index in [0.717, 1.165) is 29.7 Å². The van der Waals surface area contributed by atoms with Crippen molar-refractivity contribution in [3.05, 3.63) is 73.4 Å². The van der Waals surface area contributed by atoms with Crippen molar-refractivity contribution >= 4 is 57.2 Å². The highest BCUT2D eigenvalue weighted by atomic mass is 127. The lowest BCUT2D eigenvalue weighted by molar-refractivity contribution is -0.144. The van der Waals surface area contributed by atoms with Gasteiger partial charge in [-0.1, -0.05) is 48.5 Å². The minimum Gasteiger partial charge on any atom is -0.479 e. The fourth-order valence-electron chi connectivity index (χ4n) is 3.81. The number of aliphatic carboxylic acids is 1. The summed E-state index contributed by atoms with van der Waals surface area (Å²) in [6.07, 6.45) is 0.793. The Balaban J connectivity index is 1.48. The maximum absolute atomic E-state index is 12.6. The molecule has 1 amide bonds. The van der Waals surface area contributed by atoms with Gasteiger partial charge in [-0.25, -0.2) is 14.6 Å². The summed E-state index contributed by atoms with van der Waals surface area (Å²) < 4.78 is 8.79. The summed E-state index contributed by atoms with van der Waals surface area (Å²) in [5.74, 6) is -1.24. The van der Waals surface area contributed by atoms with Gasteiger partial charge in [0.1, 0.15) is 14.0 Å². The molecule has 0 saturated heterocycles. The molecule has 160 valence electrons. The van der Waals surface area contributed by atoms with E-state index in [0.29, 0.717) is 0 Å². The highest BCUT2D eigenvalue weighted by Crippen LogP contribution is 2.44. The molecule has 2 N–H and O–H groups in total. The topological polar surface area (TPSA) is 93.5 Å². The molecule has 0 saturated carbocycles. The van der Waals surface area contributed by atoms with Gasteiger partial charge in [-0.3, -0.25) is 0 Å². The van der Waals surface area contributed by atoms with Crippen LogP contribution in [0.1, 0.15) is 24.0 Å². The molecule has 0 bridgehead atoms. The van der Waals surface area contributed by atoms with E-state index in [1.807, 2.05) is 36.4 Å². The Morgan fingerprint density at radius 1 is 1.13 bits per heavy atom. The molecule has 0 aliphatic heterocycles. The minimum atomic E-state index is -1.55. The highest BCUT2D eigenvalue weighted by molar-refractivity contribution is 14.1. The average molecular weight is 643 g/mol. The number of fused-ring (bicyclic) bond motifs is 3. The molecule has 1 atom stereocenters. The number of amides is 1. The number of imidazole rings is 1. The molecule has 1 heterocycles. The maximum atomic E-state index is 12.6. The number of benzene rings is 2. The van der Waals surface area contributed by atoms with E-state index in [9.17, 15) is 14.7 Å². The predicted octanol–water partition coefficient (Wildman–Crippen LogP) is 4.47. The smallest absolute Gasteiger partial charge is 0.408 e. The quantitative estimate of drug-likeness (QED) is 0.387. The number of carbonyl (C=O) groups excluding carboxylic acids is 1. The summed E-state index contributed by atoms with van der Waals surface area (Å²) in [7, 11) is 0. The fraction of sp³-hybridized carbons (Fsp3) is 0.227. The van der Waals surface area contributed by atoms with Gasteiger partial charge in [-0.2, -0.15) is 0 Å².